The average Bonchev–Trinajstić information content (AvgIpc) is 2.36. The summed E-state index contributed by atoms with van der Waals surface area (Å²) in [6, 6.07) is 16.2. The van der Waals surface area contributed by atoms with Gasteiger partial charge in [-0.2, -0.15) is 0 Å². The van der Waals surface area contributed by atoms with Gasteiger partial charge < -0.3 is 0 Å². The lowest BCUT2D eigenvalue weighted by molar-refractivity contribution is 0.766. The first-order valence-electron chi connectivity index (χ1n) is 5.75. The van der Waals surface area contributed by atoms with Crippen LogP contribution in [0.5, 0.6) is 0 Å². The summed E-state index contributed by atoms with van der Waals surface area (Å²) in [5.41, 5.74) is 2.47. The van der Waals surface area contributed by atoms with Crippen molar-refractivity contribution >= 4 is 39.1 Å². The van der Waals surface area contributed by atoms with Crippen molar-refractivity contribution in [1.82, 2.24) is 0 Å². The average molecular weight is 344 g/mol. The highest BCUT2D eigenvalue weighted by Gasteiger charge is 2.11. The molecule has 1 atom stereocenters. The van der Waals surface area contributed by atoms with Crippen LogP contribution in [-0.4, -0.2) is 5.88 Å². The van der Waals surface area contributed by atoms with Crippen LogP contribution in [0.3, 0.4) is 0 Å². The molecule has 3 heteroatoms. The molecule has 0 spiro atoms. The third-order valence-corrected chi connectivity index (χ3v) is 3.98. The summed E-state index contributed by atoms with van der Waals surface area (Å²) in [5.74, 6) is 0.881. The van der Waals surface area contributed by atoms with Crippen LogP contribution in [0.25, 0.3) is 0 Å². The van der Waals surface area contributed by atoms with Crippen molar-refractivity contribution in [3.8, 4) is 0 Å². The van der Waals surface area contributed by atoms with Crippen LogP contribution < -0.4 is 0 Å². The lowest BCUT2D eigenvalue weighted by atomic mass is 9.94. The Kier molecular flexibility index (Phi) is 5.11. The van der Waals surface area contributed by atoms with E-state index in [1.165, 1.54) is 11.1 Å². The van der Waals surface area contributed by atoms with Crippen molar-refractivity contribution in [3.05, 3.63) is 69.2 Å². The topological polar surface area (TPSA) is 0 Å². The van der Waals surface area contributed by atoms with Gasteiger partial charge in [0.05, 0.1) is 0 Å². The van der Waals surface area contributed by atoms with Crippen LogP contribution >= 0.6 is 39.1 Å². The summed E-state index contributed by atoms with van der Waals surface area (Å²) < 4.78 is 1.10. The van der Waals surface area contributed by atoms with E-state index in [1.54, 1.807) is 0 Å². The maximum atomic E-state index is 6.09. The Morgan fingerprint density at radius 3 is 2.50 bits per heavy atom. The van der Waals surface area contributed by atoms with Gasteiger partial charge in [-0.15, -0.1) is 11.6 Å². The highest BCUT2D eigenvalue weighted by atomic mass is 79.9. The van der Waals surface area contributed by atoms with Crippen molar-refractivity contribution in [1.29, 1.82) is 0 Å². The largest absolute Gasteiger partial charge is 0.126 e. The van der Waals surface area contributed by atoms with E-state index >= 15 is 0 Å². The zero-order valence-corrected chi connectivity index (χ0v) is 12.8. The minimum absolute atomic E-state index is 0.291. The summed E-state index contributed by atoms with van der Waals surface area (Å²) in [6.45, 7) is 0. The first-order chi connectivity index (χ1) is 8.69. The first kappa shape index (κ1) is 13.9. The van der Waals surface area contributed by atoms with E-state index in [2.05, 4.69) is 34.1 Å². The van der Waals surface area contributed by atoms with E-state index < -0.39 is 0 Å². The Labute approximate surface area is 126 Å². The number of halogens is 3. The van der Waals surface area contributed by atoms with E-state index in [0.29, 0.717) is 11.8 Å². The number of hydrogen-bond donors (Lipinski definition) is 0. The second kappa shape index (κ2) is 6.60. The van der Waals surface area contributed by atoms with Crippen molar-refractivity contribution in [2.45, 2.75) is 12.3 Å². The molecular formula is C15H13BrCl2. The molecule has 0 N–H and O–H groups in total. The van der Waals surface area contributed by atoms with Crippen LogP contribution in [0.4, 0.5) is 0 Å². The molecule has 0 saturated carbocycles. The number of alkyl halides is 1. The second-order valence-electron chi connectivity index (χ2n) is 4.24. The van der Waals surface area contributed by atoms with E-state index in [4.69, 9.17) is 23.2 Å². The molecule has 1 unspecified atom stereocenters. The van der Waals surface area contributed by atoms with Gasteiger partial charge in [0.2, 0.25) is 0 Å². The number of hydrogen-bond acceptors (Lipinski definition) is 0. The quantitative estimate of drug-likeness (QED) is 0.627. The lowest BCUT2D eigenvalue weighted by Gasteiger charge is -2.15. The zero-order valence-electron chi connectivity index (χ0n) is 9.74. The summed E-state index contributed by atoms with van der Waals surface area (Å²) in [6.07, 6.45) is 0.920. The maximum Gasteiger partial charge on any atom is 0.0408 e. The zero-order chi connectivity index (χ0) is 13.0. The Hall–Kier alpha value is -0.500. The fourth-order valence-electron chi connectivity index (χ4n) is 1.97. The van der Waals surface area contributed by atoms with E-state index in [0.717, 1.165) is 15.9 Å². The Morgan fingerprint density at radius 2 is 1.83 bits per heavy atom. The van der Waals surface area contributed by atoms with Gasteiger partial charge >= 0.3 is 0 Å². The Morgan fingerprint density at radius 1 is 1.06 bits per heavy atom. The van der Waals surface area contributed by atoms with Crippen LogP contribution in [0.15, 0.2) is 53.0 Å². The van der Waals surface area contributed by atoms with Crippen LogP contribution in [0.2, 0.25) is 5.02 Å². The molecule has 0 amide bonds. The van der Waals surface area contributed by atoms with Crippen molar-refractivity contribution in [2.24, 2.45) is 0 Å². The predicted octanol–water partition coefficient (Wildman–Crippen LogP) is 5.67. The molecule has 0 aromatic heterocycles. The molecule has 0 radical (unpaired) electrons. The smallest absolute Gasteiger partial charge is 0.0408 e. The number of rotatable bonds is 4. The molecule has 0 bridgehead atoms. The minimum atomic E-state index is 0.291. The standard InChI is InChI=1S/C15H13BrCl2/c16-14-5-1-3-11(8-14)7-13(10-17)12-4-2-6-15(18)9-12/h1-6,8-9,13H,7,10H2. The van der Waals surface area contributed by atoms with Gasteiger partial charge in [-0.3, -0.25) is 0 Å². The highest BCUT2D eigenvalue weighted by molar-refractivity contribution is 9.10. The highest BCUT2D eigenvalue weighted by Crippen LogP contribution is 2.25. The molecule has 18 heavy (non-hydrogen) atoms. The van der Waals surface area contributed by atoms with Gasteiger partial charge in [-0.25, -0.2) is 0 Å². The molecule has 0 saturated heterocycles. The first-order valence-corrected chi connectivity index (χ1v) is 7.45. The molecule has 0 aliphatic carbocycles. The van der Waals surface area contributed by atoms with Gasteiger partial charge in [-0.05, 0) is 41.8 Å². The molecule has 0 heterocycles. The van der Waals surface area contributed by atoms with E-state index in [9.17, 15) is 0 Å². The van der Waals surface area contributed by atoms with E-state index in [1.807, 2.05) is 30.3 Å². The second-order valence-corrected chi connectivity index (χ2v) is 5.90. The summed E-state index contributed by atoms with van der Waals surface area (Å²) >= 11 is 15.6. The lowest BCUT2D eigenvalue weighted by Crippen LogP contribution is -2.04. The van der Waals surface area contributed by atoms with Gasteiger partial charge in [-0.1, -0.05) is 51.8 Å². The minimum Gasteiger partial charge on any atom is -0.126 e. The molecule has 0 aliphatic heterocycles. The Balaban J connectivity index is 2.19. The molecule has 2 aromatic carbocycles. The van der Waals surface area contributed by atoms with Gasteiger partial charge in [0.1, 0.15) is 0 Å². The molecule has 0 aliphatic rings. The molecule has 0 fully saturated rings. The molecule has 2 aromatic rings. The van der Waals surface area contributed by atoms with Crippen LogP contribution in [-0.2, 0) is 6.42 Å². The van der Waals surface area contributed by atoms with Crippen LogP contribution in [0, 0.1) is 0 Å². The summed E-state index contributed by atoms with van der Waals surface area (Å²) in [7, 11) is 0. The maximum absolute atomic E-state index is 6.09. The number of benzene rings is 2. The van der Waals surface area contributed by atoms with Crippen LogP contribution in [0.1, 0.15) is 17.0 Å². The summed E-state index contributed by atoms with van der Waals surface area (Å²) in [4.78, 5) is 0. The monoisotopic (exact) mass is 342 g/mol. The molecule has 0 nitrogen and oxygen atoms in total. The van der Waals surface area contributed by atoms with Gasteiger partial charge in [0.25, 0.3) is 0 Å². The summed E-state index contributed by atoms with van der Waals surface area (Å²) in [5, 5.41) is 0.761. The SMILES string of the molecule is ClCC(Cc1cccc(Br)c1)c1cccc(Cl)c1. The van der Waals surface area contributed by atoms with Crippen molar-refractivity contribution in [3.63, 3.8) is 0 Å². The molecule has 94 valence electrons. The molecule has 2 rings (SSSR count). The third-order valence-electron chi connectivity index (χ3n) is 2.88. The van der Waals surface area contributed by atoms with Gasteiger partial charge in [0, 0.05) is 21.3 Å². The van der Waals surface area contributed by atoms with E-state index in [-0.39, 0.29) is 0 Å². The fourth-order valence-corrected chi connectivity index (χ4v) is 2.90. The molecular weight excluding hydrogens is 331 g/mol. The van der Waals surface area contributed by atoms with Crippen molar-refractivity contribution < 1.29 is 0 Å². The van der Waals surface area contributed by atoms with Gasteiger partial charge in [0.15, 0.2) is 0 Å². The third kappa shape index (κ3) is 3.74. The van der Waals surface area contributed by atoms with Crippen molar-refractivity contribution in [2.75, 3.05) is 5.88 Å². The fraction of sp³-hybridized carbons (Fsp3) is 0.200. The normalized spacial score (nSPS) is 12.4. The Bertz CT molecular complexity index is 525. The predicted molar refractivity (Wildman–Crippen MR) is 82.8 cm³/mol.